The first-order valence-corrected chi connectivity index (χ1v) is 6.17. The summed E-state index contributed by atoms with van der Waals surface area (Å²) in [4.78, 5) is 8.76. The highest BCUT2D eigenvalue weighted by atomic mass is 16.5. The third kappa shape index (κ3) is 3.47. The van der Waals surface area contributed by atoms with E-state index in [1.165, 1.54) is 0 Å². The molecule has 1 aromatic heterocycles. The molecule has 2 heterocycles. The molecule has 0 atom stereocenters. The number of hydrogen-bond acceptors (Lipinski definition) is 6. The molecule has 7 heteroatoms. The average Bonchev–Trinajstić information content (AvgIpc) is 2.48. The fourth-order valence-corrected chi connectivity index (χ4v) is 2.09. The number of methoxy groups -OCH3 is 1. The molecule has 1 fully saturated rings. The van der Waals surface area contributed by atoms with Gasteiger partial charge in [0.25, 0.3) is 0 Å². The Kier molecular flexibility index (Phi) is 4.40. The second-order valence-electron chi connectivity index (χ2n) is 4.39. The first-order chi connectivity index (χ1) is 9.22. The molecule has 3 N–H and O–H groups in total. The summed E-state index contributed by atoms with van der Waals surface area (Å²) < 4.78 is 5.13. The zero-order valence-electron chi connectivity index (χ0n) is 11.0. The highest BCUT2D eigenvalue weighted by Gasteiger charge is 2.18. The van der Waals surface area contributed by atoms with Gasteiger partial charge in [0.2, 0.25) is 5.88 Å². The van der Waals surface area contributed by atoms with Crippen LogP contribution in [-0.4, -0.2) is 60.8 Å². The zero-order valence-corrected chi connectivity index (χ0v) is 11.0. The van der Waals surface area contributed by atoms with E-state index in [4.69, 9.17) is 15.7 Å². The van der Waals surface area contributed by atoms with Crippen LogP contribution >= 0.6 is 0 Å². The van der Waals surface area contributed by atoms with Gasteiger partial charge in [-0.15, -0.1) is 0 Å². The molecule has 0 unspecified atom stereocenters. The summed E-state index contributed by atoms with van der Waals surface area (Å²) in [5.74, 6) is 1.78. The summed E-state index contributed by atoms with van der Waals surface area (Å²) in [6.07, 6.45) is 0. The third-order valence-electron chi connectivity index (χ3n) is 3.13. The molecule has 19 heavy (non-hydrogen) atoms. The number of aromatic nitrogens is 1. The smallest absolute Gasteiger partial charge is 0.214 e. The predicted molar refractivity (Wildman–Crippen MR) is 72.9 cm³/mol. The maximum atomic E-state index is 8.56. The Morgan fingerprint density at radius 3 is 2.79 bits per heavy atom. The first-order valence-electron chi connectivity index (χ1n) is 6.17. The van der Waals surface area contributed by atoms with Crippen molar-refractivity contribution < 1.29 is 9.94 Å². The number of nitrogens with two attached hydrogens (primary N) is 1. The Labute approximate surface area is 112 Å². The summed E-state index contributed by atoms with van der Waals surface area (Å²) in [7, 11) is 1.61. The summed E-state index contributed by atoms with van der Waals surface area (Å²) in [5, 5.41) is 11.5. The van der Waals surface area contributed by atoms with E-state index in [0.29, 0.717) is 12.4 Å². The molecule has 0 amide bonds. The number of nitrogens with zero attached hydrogens (tertiary/aromatic N) is 4. The van der Waals surface area contributed by atoms with Crippen LogP contribution in [-0.2, 0) is 0 Å². The second kappa shape index (κ2) is 6.24. The van der Waals surface area contributed by atoms with Crippen molar-refractivity contribution in [1.29, 1.82) is 0 Å². The molecule has 7 nitrogen and oxygen atoms in total. The highest BCUT2D eigenvalue weighted by molar-refractivity contribution is 5.81. The van der Waals surface area contributed by atoms with Crippen LogP contribution in [0.15, 0.2) is 23.4 Å². The molecule has 0 radical (unpaired) electrons. The van der Waals surface area contributed by atoms with Crippen molar-refractivity contribution in [3.05, 3.63) is 18.2 Å². The van der Waals surface area contributed by atoms with Gasteiger partial charge >= 0.3 is 0 Å². The molecule has 1 aliphatic rings. The highest BCUT2D eigenvalue weighted by Crippen LogP contribution is 2.17. The lowest BCUT2D eigenvalue weighted by Gasteiger charge is -2.35. The minimum Gasteiger partial charge on any atom is -0.481 e. The number of hydrogen-bond donors (Lipinski definition) is 2. The van der Waals surface area contributed by atoms with E-state index in [9.17, 15) is 0 Å². The van der Waals surface area contributed by atoms with E-state index in [1.54, 1.807) is 7.11 Å². The number of ether oxygens (including phenoxy) is 1. The minimum atomic E-state index is 0.243. The van der Waals surface area contributed by atoms with Gasteiger partial charge in [0, 0.05) is 32.2 Å². The molecule has 2 rings (SSSR count). The Hall–Kier alpha value is -2.02. The van der Waals surface area contributed by atoms with Gasteiger partial charge < -0.3 is 20.6 Å². The number of anilines is 1. The lowest BCUT2D eigenvalue weighted by Crippen LogP contribution is -2.49. The maximum Gasteiger partial charge on any atom is 0.214 e. The van der Waals surface area contributed by atoms with E-state index < -0.39 is 0 Å². The van der Waals surface area contributed by atoms with Crippen LogP contribution in [0.1, 0.15) is 0 Å². The van der Waals surface area contributed by atoms with Gasteiger partial charge in [-0.2, -0.15) is 4.98 Å². The lowest BCUT2D eigenvalue weighted by atomic mass is 10.3. The topological polar surface area (TPSA) is 87.2 Å². The largest absolute Gasteiger partial charge is 0.481 e. The van der Waals surface area contributed by atoms with Crippen LogP contribution in [0.3, 0.4) is 0 Å². The van der Waals surface area contributed by atoms with Gasteiger partial charge in [-0.3, -0.25) is 4.90 Å². The Morgan fingerprint density at radius 2 is 2.16 bits per heavy atom. The van der Waals surface area contributed by atoms with E-state index in [2.05, 4.69) is 19.9 Å². The second-order valence-corrected chi connectivity index (χ2v) is 4.39. The molecule has 104 valence electrons. The van der Waals surface area contributed by atoms with Crippen molar-refractivity contribution in [3.63, 3.8) is 0 Å². The average molecular weight is 265 g/mol. The molecular formula is C12H19N5O2. The fourth-order valence-electron chi connectivity index (χ4n) is 2.09. The monoisotopic (exact) mass is 265 g/mol. The molecule has 0 spiro atoms. The number of oxime groups is 1. The number of pyridine rings is 1. The van der Waals surface area contributed by atoms with Crippen molar-refractivity contribution in [2.45, 2.75) is 0 Å². The van der Waals surface area contributed by atoms with Crippen LogP contribution in [0.2, 0.25) is 0 Å². The Bertz CT molecular complexity index is 444. The summed E-state index contributed by atoms with van der Waals surface area (Å²) >= 11 is 0. The van der Waals surface area contributed by atoms with Gasteiger partial charge in [-0.1, -0.05) is 11.2 Å². The summed E-state index contributed by atoms with van der Waals surface area (Å²) in [5.41, 5.74) is 5.50. The van der Waals surface area contributed by atoms with E-state index in [0.717, 1.165) is 32.0 Å². The predicted octanol–water partition coefficient (Wildman–Crippen LogP) is -0.0414. The Morgan fingerprint density at radius 1 is 1.42 bits per heavy atom. The molecule has 1 saturated heterocycles. The van der Waals surface area contributed by atoms with Crippen molar-refractivity contribution in [2.75, 3.05) is 44.7 Å². The van der Waals surface area contributed by atoms with Crippen LogP contribution in [0.4, 0.5) is 5.82 Å². The normalized spacial score (nSPS) is 17.5. The fraction of sp³-hybridized carbons (Fsp3) is 0.500. The van der Waals surface area contributed by atoms with Gasteiger partial charge in [0.05, 0.1) is 13.7 Å². The summed E-state index contributed by atoms with van der Waals surface area (Å²) in [6, 6.07) is 5.74. The van der Waals surface area contributed by atoms with Crippen molar-refractivity contribution in [3.8, 4) is 5.88 Å². The molecule has 1 aromatic rings. The van der Waals surface area contributed by atoms with Crippen molar-refractivity contribution in [1.82, 2.24) is 9.88 Å². The van der Waals surface area contributed by atoms with Crippen LogP contribution in [0.25, 0.3) is 0 Å². The standard InChI is InChI=1S/C12H19N5O2/c1-19-12-4-2-3-11(14-12)17-7-5-16(6-8-17)9-10(13)15-18/h2-4,18H,5-9H2,1H3,(H2,13,15). The third-order valence-corrected chi connectivity index (χ3v) is 3.13. The Balaban J connectivity index is 1.92. The van der Waals surface area contributed by atoms with Crippen LogP contribution in [0, 0.1) is 0 Å². The zero-order chi connectivity index (χ0) is 13.7. The van der Waals surface area contributed by atoms with E-state index in [-0.39, 0.29) is 5.84 Å². The number of rotatable bonds is 4. The molecule has 0 bridgehead atoms. The van der Waals surface area contributed by atoms with Gasteiger partial charge in [0.15, 0.2) is 5.84 Å². The first kappa shape index (κ1) is 13.4. The van der Waals surface area contributed by atoms with E-state index in [1.807, 2.05) is 18.2 Å². The summed E-state index contributed by atoms with van der Waals surface area (Å²) in [6.45, 7) is 3.93. The molecule has 1 aliphatic heterocycles. The molecule has 0 saturated carbocycles. The maximum absolute atomic E-state index is 8.56. The SMILES string of the molecule is COc1cccc(N2CCN(CC(N)=NO)CC2)n1. The van der Waals surface area contributed by atoms with Gasteiger partial charge in [0.1, 0.15) is 5.82 Å². The molecule has 0 aromatic carbocycles. The van der Waals surface area contributed by atoms with E-state index >= 15 is 0 Å². The van der Waals surface area contributed by atoms with Gasteiger partial charge in [-0.05, 0) is 6.07 Å². The van der Waals surface area contributed by atoms with Crippen molar-refractivity contribution in [2.24, 2.45) is 10.9 Å². The molecule has 0 aliphatic carbocycles. The minimum absolute atomic E-state index is 0.243. The quantitative estimate of drug-likeness (QED) is 0.344. The van der Waals surface area contributed by atoms with Crippen LogP contribution < -0.4 is 15.4 Å². The van der Waals surface area contributed by atoms with Crippen LogP contribution in [0.5, 0.6) is 5.88 Å². The number of amidine groups is 1. The number of piperazine rings is 1. The molecular weight excluding hydrogens is 246 g/mol. The lowest BCUT2D eigenvalue weighted by molar-refractivity contribution is 0.278. The van der Waals surface area contributed by atoms with Crippen molar-refractivity contribution >= 4 is 11.7 Å². The van der Waals surface area contributed by atoms with Gasteiger partial charge in [-0.25, -0.2) is 0 Å².